The molecule has 9 heteroatoms. The third-order valence-corrected chi connectivity index (χ3v) is 3.86. The van der Waals surface area contributed by atoms with Gasteiger partial charge in [0.15, 0.2) is 11.6 Å². The van der Waals surface area contributed by atoms with Crippen LogP contribution in [0.15, 0.2) is 36.7 Å². The molecule has 0 saturated carbocycles. The SMILES string of the molecule is CC(C)(C)CC(=O)Nc1nc2ncc(F)cn2c1-c1cccc(C(F)(F)F)c1. The Balaban J connectivity index is 2.14. The van der Waals surface area contributed by atoms with Crippen LogP contribution in [0.2, 0.25) is 0 Å². The van der Waals surface area contributed by atoms with E-state index in [0.29, 0.717) is 0 Å². The lowest BCUT2D eigenvalue weighted by Crippen LogP contribution is -2.20. The smallest absolute Gasteiger partial charge is 0.309 e. The largest absolute Gasteiger partial charge is 0.416 e. The molecule has 1 aromatic carbocycles. The van der Waals surface area contributed by atoms with Crippen molar-refractivity contribution in [3.05, 3.63) is 48.0 Å². The van der Waals surface area contributed by atoms with Crippen molar-refractivity contribution in [2.75, 3.05) is 5.32 Å². The minimum absolute atomic E-state index is 0.0201. The summed E-state index contributed by atoms with van der Waals surface area (Å²) in [6, 6.07) is 4.53. The Morgan fingerprint density at radius 2 is 1.93 bits per heavy atom. The summed E-state index contributed by atoms with van der Waals surface area (Å²) in [6.45, 7) is 5.63. The van der Waals surface area contributed by atoms with Crippen LogP contribution in [0.25, 0.3) is 17.0 Å². The first-order chi connectivity index (χ1) is 12.9. The zero-order valence-corrected chi connectivity index (χ0v) is 15.4. The first-order valence-electron chi connectivity index (χ1n) is 8.45. The number of fused-ring (bicyclic) bond motifs is 1. The van der Waals surface area contributed by atoms with Crippen LogP contribution >= 0.6 is 0 Å². The second-order valence-electron chi connectivity index (χ2n) is 7.62. The molecular formula is C19H18F4N4O. The summed E-state index contributed by atoms with van der Waals surface area (Å²) < 4.78 is 54.3. The van der Waals surface area contributed by atoms with Gasteiger partial charge in [-0.05, 0) is 17.5 Å². The molecule has 0 bridgehead atoms. The quantitative estimate of drug-likeness (QED) is 0.641. The van der Waals surface area contributed by atoms with E-state index < -0.39 is 17.6 Å². The first-order valence-corrected chi connectivity index (χ1v) is 8.45. The number of amides is 1. The molecule has 0 aliphatic heterocycles. The van der Waals surface area contributed by atoms with Gasteiger partial charge in [-0.1, -0.05) is 32.9 Å². The third-order valence-electron chi connectivity index (χ3n) is 3.86. The van der Waals surface area contributed by atoms with E-state index in [9.17, 15) is 22.4 Å². The molecular weight excluding hydrogens is 376 g/mol. The highest BCUT2D eigenvalue weighted by molar-refractivity contribution is 5.94. The van der Waals surface area contributed by atoms with Gasteiger partial charge in [-0.3, -0.25) is 9.20 Å². The maximum atomic E-state index is 13.7. The van der Waals surface area contributed by atoms with Crippen LogP contribution in [0.4, 0.5) is 23.4 Å². The average Bonchev–Trinajstić information content (AvgIpc) is 2.89. The normalized spacial score (nSPS) is 12.4. The van der Waals surface area contributed by atoms with Gasteiger partial charge >= 0.3 is 6.18 Å². The molecule has 0 aliphatic rings. The number of aromatic nitrogens is 3. The van der Waals surface area contributed by atoms with E-state index in [1.165, 1.54) is 16.5 Å². The highest BCUT2D eigenvalue weighted by Gasteiger charge is 2.31. The minimum atomic E-state index is -4.55. The maximum absolute atomic E-state index is 13.7. The molecule has 0 aliphatic carbocycles. The van der Waals surface area contributed by atoms with Crippen LogP contribution in [0, 0.1) is 11.2 Å². The molecule has 0 saturated heterocycles. The van der Waals surface area contributed by atoms with E-state index in [-0.39, 0.29) is 40.6 Å². The average molecular weight is 394 g/mol. The molecule has 0 fully saturated rings. The van der Waals surface area contributed by atoms with Crippen molar-refractivity contribution in [1.29, 1.82) is 0 Å². The highest BCUT2D eigenvalue weighted by Crippen LogP contribution is 2.35. The molecule has 1 N–H and O–H groups in total. The molecule has 28 heavy (non-hydrogen) atoms. The molecule has 0 atom stereocenters. The van der Waals surface area contributed by atoms with Crippen LogP contribution in [-0.2, 0) is 11.0 Å². The Morgan fingerprint density at radius 1 is 1.21 bits per heavy atom. The van der Waals surface area contributed by atoms with Crippen LogP contribution in [-0.4, -0.2) is 20.3 Å². The Kier molecular flexibility index (Phi) is 4.86. The van der Waals surface area contributed by atoms with Crippen molar-refractivity contribution in [2.24, 2.45) is 5.41 Å². The molecule has 1 amide bonds. The lowest BCUT2D eigenvalue weighted by molar-refractivity contribution is -0.137. The Morgan fingerprint density at radius 3 is 2.57 bits per heavy atom. The number of carbonyl (C=O) groups is 1. The number of anilines is 1. The van der Waals surface area contributed by atoms with Gasteiger partial charge in [0.1, 0.15) is 0 Å². The Bertz CT molecular complexity index is 1030. The monoisotopic (exact) mass is 394 g/mol. The number of hydrogen-bond acceptors (Lipinski definition) is 3. The molecule has 2 heterocycles. The van der Waals surface area contributed by atoms with Gasteiger partial charge in [0.05, 0.1) is 23.7 Å². The number of alkyl halides is 3. The standard InChI is InChI=1S/C19H18F4N4O/c1-18(2,3)8-14(28)25-16-15(27-10-13(20)9-24-17(27)26-16)11-5-4-6-12(7-11)19(21,22)23/h4-7,9-10H,8H2,1-3H3,(H,25,28). The lowest BCUT2D eigenvalue weighted by Gasteiger charge is -2.17. The number of imidazole rings is 1. The molecule has 0 radical (unpaired) electrons. The van der Waals surface area contributed by atoms with Gasteiger partial charge in [0.25, 0.3) is 0 Å². The number of halogens is 4. The van der Waals surface area contributed by atoms with Crippen LogP contribution < -0.4 is 5.32 Å². The van der Waals surface area contributed by atoms with Crippen molar-refractivity contribution in [3.63, 3.8) is 0 Å². The number of nitrogens with one attached hydrogen (secondary N) is 1. The van der Waals surface area contributed by atoms with E-state index in [2.05, 4.69) is 15.3 Å². The van der Waals surface area contributed by atoms with Crippen molar-refractivity contribution >= 4 is 17.5 Å². The second-order valence-corrected chi connectivity index (χ2v) is 7.62. The maximum Gasteiger partial charge on any atom is 0.416 e. The predicted molar refractivity (Wildman–Crippen MR) is 96.1 cm³/mol. The highest BCUT2D eigenvalue weighted by atomic mass is 19.4. The van der Waals surface area contributed by atoms with Crippen molar-refractivity contribution in [2.45, 2.75) is 33.4 Å². The molecule has 3 aromatic rings. The number of rotatable bonds is 3. The summed E-state index contributed by atoms with van der Waals surface area (Å²) in [4.78, 5) is 20.4. The molecule has 0 unspecified atom stereocenters. The van der Waals surface area contributed by atoms with Gasteiger partial charge in [-0.25, -0.2) is 9.37 Å². The van der Waals surface area contributed by atoms with Gasteiger partial charge < -0.3 is 5.32 Å². The fraction of sp³-hybridized carbons (Fsp3) is 0.316. The van der Waals surface area contributed by atoms with Gasteiger partial charge in [0, 0.05) is 12.0 Å². The van der Waals surface area contributed by atoms with E-state index in [1.54, 1.807) is 0 Å². The fourth-order valence-electron chi connectivity index (χ4n) is 2.77. The van der Waals surface area contributed by atoms with Crippen molar-refractivity contribution < 1.29 is 22.4 Å². The number of carbonyl (C=O) groups excluding carboxylic acids is 1. The molecule has 5 nitrogen and oxygen atoms in total. The number of benzene rings is 1. The van der Waals surface area contributed by atoms with E-state index >= 15 is 0 Å². The van der Waals surface area contributed by atoms with Gasteiger partial charge in [-0.2, -0.15) is 18.2 Å². The Hall–Kier alpha value is -2.97. The number of nitrogens with zero attached hydrogens (tertiary/aromatic N) is 3. The summed E-state index contributed by atoms with van der Waals surface area (Å²) in [5, 5.41) is 2.62. The fourth-order valence-corrected chi connectivity index (χ4v) is 2.77. The first kappa shape index (κ1) is 19.8. The summed E-state index contributed by atoms with van der Waals surface area (Å²) >= 11 is 0. The third kappa shape index (κ3) is 4.29. The van der Waals surface area contributed by atoms with E-state index in [1.807, 2.05) is 20.8 Å². The lowest BCUT2D eigenvalue weighted by atomic mass is 9.92. The number of hydrogen-bond donors (Lipinski definition) is 1. The van der Waals surface area contributed by atoms with Crippen molar-refractivity contribution in [3.8, 4) is 11.3 Å². The second kappa shape index (κ2) is 6.88. The minimum Gasteiger partial charge on any atom is -0.309 e. The Labute approximate surface area is 158 Å². The van der Waals surface area contributed by atoms with Crippen molar-refractivity contribution in [1.82, 2.24) is 14.4 Å². The van der Waals surface area contributed by atoms with Crippen LogP contribution in [0.1, 0.15) is 32.8 Å². The van der Waals surface area contributed by atoms with Crippen LogP contribution in [0.3, 0.4) is 0 Å². The van der Waals surface area contributed by atoms with Crippen LogP contribution in [0.5, 0.6) is 0 Å². The summed E-state index contributed by atoms with van der Waals surface area (Å²) in [6.07, 6.45) is -2.37. The summed E-state index contributed by atoms with van der Waals surface area (Å²) in [5.41, 5.74) is -0.920. The van der Waals surface area contributed by atoms with Gasteiger partial charge in [-0.15, -0.1) is 0 Å². The van der Waals surface area contributed by atoms with Gasteiger partial charge in [0.2, 0.25) is 11.7 Å². The summed E-state index contributed by atoms with van der Waals surface area (Å²) in [7, 11) is 0. The zero-order chi connectivity index (χ0) is 20.7. The molecule has 3 rings (SSSR count). The molecule has 148 valence electrons. The van der Waals surface area contributed by atoms with E-state index in [4.69, 9.17) is 0 Å². The summed E-state index contributed by atoms with van der Waals surface area (Å²) in [5.74, 6) is -0.971. The zero-order valence-electron chi connectivity index (χ0n) is 15.4. The predicted octanol–water partition coefficient (Wildman–Crippen LogP) is 4.93. The van der Waals surface area contributed by atoms with E-state index in [0.717, 1.165) is 24.5 Å². The molecule has 0 spiro atoms. The topological polar surface area (TPSA) is 59.3 Å². The molecule has 2 aromatic heterocycles.